The van der Waals surface area contributed by atoms with Crippen molar-refractivity contribution in [1.82, 2.24) is 9.78 Å². The zero-order valence-corrected chi connectivity index (χ0v) is 11.8. The lowest BCUT2D eigenvalue weighted by molar-refractivity contribution is 0.817. The van der Waals surface area contributed by atoms with Crippen molar-refractivity contribution >= 4 is 11.6 Å². The Morgan fingerprint density at radius 3 is 2.56 bits per heavy atom. The van der Waals surface area contributed by atoms with Crippen LogP contribution in [0.3, 0.4) is 0 Å². The first-order chi connectivity index (χ1) is 8.60. The van der Waals surface area contributed by atoms with Gasteiger partial charge in [-0.15, -0.1) is 0 Å². The lowest BCUT2D eigenvalue weighted by atomic mass is 10.1. The summed E-state index contributed by atoms with van der Waals surface area (Å²) in [6.45, 7) is 6.67. The lowest BCUT2D eigenvalue weighted by Crippen LogP contribution is -2.08. The summed E-state index contributed by atoms with van der Waals surface area (Å²) in [5, 5.41) is 5.30. The Balaban J connectivity index is 2.66. The van der Waals surface area contributed by atoms with Crippen LogP contribution in [0, 0.1) is 13.8 Å². The van der Waals surface area contributed by atoms with E-state index in [-0.39, 0.29) is 0 Å². The van der Waals surface area contributed by atoms with Crippen molar-refractivity contribution in [2.45, 2.75) is 33.7 Å². The van der Waals surface area contributed by atoms with Crippen LogP contribution >= 0.6 is 11.6 Å². The smallest absolute Gasteiger partial charge is 0.0708 e. The summed E-state index contributed by atoms with van der Waals surface area (Å²) < 4.78 is 1.95. The van der Waals surface area contributed by atoms with E-state index in [1.165, 1.54) is 5.56 Å². The van der Waals surface area contributed by atoms with Crippen molar-refractivity contribution in [1.29, 1.82) is 0 Å². The average molecular weight is 264 g/mol. The SMILES string of the molecule is CCc1c(C)nn(-c2cccc(Cl)c2CN)c1C. The molecule has 4 heteroatoms. The number of aryl methyl sites for hydroxylation is 1. The van der Waals surface area contributed by atoms with Crippen molar-refractivity contribution in [3.05, 3.63) is 45.7 Å². The minimum absolute atomic E-state index is 0.412. The second kappa shape index (κ2) is 5.12. The molecule has 0 fully saturated rings. The van der Waals surface area contributed by atoms with Crippen LogP contribution in [0.2, 0.25) is 5.02 Å². The van der Waals surface area contributed by atoms with Crippen LogP contribution in [0.25, 0.3) is 5.69 Å². The minimum atomic E-state index is 0.412. The van der Waals surface area contributed by atoms with E-state index in [0.29, 0.717) is 11.6 Å². The second-order valence-corrected chi connectivity index (χ2v) is 4.76. The molecular formula is C14H18ClN3. The Hall–Kier alpha value is -1.32. The number of nitrogens with two attached hydrogens (primary N) is 1. The highest BCUT2D eigenvalue weighted by Gasteiger charge is 2.14. The molecule has 0 spiro atoms. The largest absolute Gasteiger partial charge is 0.326 e. The van der Waals surface area contributed by atoms with Gasteiger partial charge in [0.1, 0.15) is 0 Å². The van der Waals surface area contributed by atoms with Crippen LogP contribution in [-0.4, -0.2) is 9.78 Å². The van der Waals surface area contributed by atoms with Crippen LogP contribution in [0.1, 0.15) is 29.4 Å². The Morgan fingerprint density at radius 1 is 1.28 bits per heavy atom. The third kappa shape index (κ3) is 2.04. The van der Waals surface area contributed by atoms with Gasteiger partial charge in [0, 0.05) is 22.8 Å². The number of nitrogens with zero attached hydrogens (tertiary/aromatic N) is 2. The summed E-state index contributed by atoms with van der Waals surface area (Å²) in [5.74, 6) is 0. The molecule has 0 bridgehead atoms. The molecule has 0 aliphatic rings. The molecule has 0 unspecified atom stereocenters. The van der Waals surface area contributed by atoms with Crippen LogP contribution in [-0.2, 0) is 13.0 Å². The second-order valence-electron chi connectivity index (χ2n) is 4.36. The third-order valence-electron chi connectivity index (χ3n) is 3.32. The Labute approximate surface area is 113 Å². The maximum absolute atomic E-state index is 6.19. The van der Waals surface area contributed by atoms with E-state index in [1.807, 2.05) is 29.8 Å². The molecule has 1 aromatic carbocycles. The molecule has 1 aromatic heterocycles. The molecule has 0 aliphatic carbocycles. The molecule has 96 valence electrons. The average Bonchev–Trinajstić information content (AvgIpc) is 2.64. The van der Waals surface area contributed by atoms with Gasteiger partial charge >= 0.3 is 0 Å². The summed E-state index contributed by atoms with van der Waals surface area (Å²) >= 11 is 6.19. The summed E-state index contributed by atoms with van der Waals surface area (Å²) in [7, 11) is 0. The van der Waals surface area contributed by atoms with E-state index in [4.69, 9.17) is 17.3 Å². The molecule has 2 N–H and O–H groups in total. The Morgan fingerprint density at radius 2 is 2.00 bits per heavy atom. The van der Waals surface area contributed by atoms with Crippen LogP contribution in [0.15, 0.2) is 18.2 Å². The third-order valence-corrected chi connectivity index (χ3v) is 3.68. The highest BCUT2D eigenvalue weighted by Crippen LogP contribution is 2.25. The molecule has 3 nitrogen and oxygen atoms in total. The van der Waals surface area contributed by atoms with E-state index in [0.717, 1.165) is 29.1 Å². The molecule has 0 aliphatic heterocycles. The molecule has 0 radical (unpaired) electrons. The molecule has 18 heavy (non-hydrogen) atoms. The van der Waals surface area contributed by atoms with Gasteiger partial charge in [-0.25, -0.2) is 4.68 Å². The van der Waals surface area contributed by atoms with Crippen molar-refractivity contribution in [2.75, 3.05) is 0 Å². The molecule has 0 saturated heterocycles. The van der Waals surface area contributed by atoms with Gasteiger partial charge in [-0.2, -0.15) is 5.10 Å². The predicted molar refractivity (Wildman–Crippen MR) is 75.3 cm³/mol. The number of rotatable bonds is 3. The Kier molecular flexibility index (Phi) is 3.73. The van der Waals surface area contributed by atoms with Gasteiger partial charge in [-0.05, 0) is 38.0 Å². The number of hydrogen-bond donors (Lipinski definition) is 1. The van der Waals surface area contributed by atoms with Gasteiger partial charge in [-0.1, -0.05) is 24.6 Å². The van der Waals surface area contributed by atoms with Crippen molar-refractivity contribution in [3.63, 3.8) is 0 Å². The fourth-order valence-corrected chi connectivity index (χ4v) is 2.62. The first-order valence-electron chi connectivity index (χ1n) is 6.13. The first kappa shape index (κ1) is 13.1. The summed E-state index contributed by atoms with van der Waals surface area (Å²) in [5.41, 5.74) is 11.2. The van der Waals surface area contributed by atoms with Crippen molar-refractivity contribution in [2.24, 2.45) is 5.73 Å². The monoisotopic (exact) mass is 263 g/mol. The minimum Gasteiger partial charge on any atom is -0.326 e. The number of benzene rings is 1. The molecule has 0 saturated carbocycles. The lowest BCUT2D eigenvalue weighted by Gasteiger charge is -2.11. The molecule has 0 atom stereocenters. The highest BCUT2D eigenvalue weighted by molar-refractivity contribution is 6.31. The summed E-state index contributed by atoms with van der Waals surface area (Å²) in [6.07, 6.45) is 0.982. The highest BCUT2D eigenvalue weighted by atomic mass is 35.5. The normalized spacial score (nSPS) is 10.9. The van der Waals surface area contributed by atoms with E-state index in [9.17, 15) is 0 Å². The van der Waals surface area contributed by atoms with E-state index >= 15 is 0 Å². The maximum atomic E-state index is 6.19. The molecule has 1 heterocycles. The predicted octanol–water partition coefficient (Wildman–Crippen LogP) is 3.16. The van der Waals surface area contributed by atoms with Gasteiger partial charge in [0.25, 0.3) is 0 Å². The number of hydrogen-bond acceptors (Lipinski definition) is 2. The maximum Gasteiger partial charge on any atom is 0.0708 e. The molecular weight excluding hydrogens is 246 g/mol. The quantitative estimate of drug-likeness (QED) is 0.924. The van der Waals surface area contributed by atoms with E-state index < -0.39 is 0 Å². The van der Waals surface area contributed by atoms with Crippen LogP contribution in [0.5, 0.6) is 0 Å². The van der Waals surface area contributed by atoms with Gasteiger partial charge in [0.2, 0.25) is 0 Å². The standard InChI is InChI=1S/C14H18ClN3/c1-4-11-9(2)17-18(10(11)3)14-7-5-6-13(15)12(14)8-16/h5-7H,4,8,16H2,1-3H3. The van der Waals surface area contributed by atoms with Gasteiger partial charge in [0.05, 0.1) is 11.4 Å². The van der Waals surface area contributed by atoms with Crippen molar-refractivity contribution in [3.8, 4) is 5.69 Å². The number of aromatic nitrogens is 2. The summed E-state index contributed by atoms with van der Waals surface area (Å²) in [4.78, 5) is 0. The van der Waals surface area contributed by atoms with Crippen LogP contribution in [0.4, 0.5) is 0 Å². The molecule has 2 aromatic rings. The van der Waals surface area contributed by atoms with Crippen molar-refractivity contribution < 1.29 is 0 Å². The molecule has 0 amide bonds. The van der Waals surface area contributed by atoms with E-state index in [1.54, 1.807) is 0 Å². The van der Waals surface area contributed by atoms with Gasteiger partial charge in [-0.3, -0.25) is 0 Å². The fourth-order valence-electron chi connectivity index (χ4n) is 2.37. The fraction of sp³-hybridized carbons (Fsp3) is 0.357. The Bertz CT molecular complexity index is 573. The first-order valence-corrected chi connectivity index (χ1v) is 6.50. The number of halogens is 1. The van der Waals surface area contributed by atoms with Gasteiger partial charge in [0.15, 0.2) is 0 Å². The van der Waals surface area contributed by atoms with Gasteiger partial charge < -0.3 is 5.73 Å². The molecule has 2 rings (SSSR count). The van der Waals surface area contributed by atoms with Crippen LogP contribution < -0.4 is 5.73 Å². The summed E-state index contributed by atoms with van der Waals surface area (Å²) in [6, 6.07) is 5.80. The zero-order chi connectivity index (χ0) is 13.3. The zero-order valence-electron chi connectivity index (χ0n) is 11.0. The topological polar surface area (TPSA) is 43.8 Å². The van der Waals surface area contributed by atoms with E-state index in [2.05, 4.69) is 18.9 Å².